The molecule has 2 atom stereocenters. The number of rotatable bonds is 2. The van der Waals surface area contributed by atoms with Crippen molar-refractivity contribution in [1.29, 1.82) is 0 Å². The normalized spacial score (nSPS) is 23.5. The van der Waals surface area contributed by atoms with Crippen LogP contribution in [0.4, 0.5) is 4.39 Å². The lowest BCUT2D eigenvalue weighted by molar-refractivity contribution is -0.142. The number of likely N-dealkylation sites (tertiary alicyclic amines) is 1. The second-order valence-corrected chi connectivity index (χ2v) is 4.61. The Labute approximate surface area is 104 Å². The van der Waals surface area contributed by atoms with Crippen molar-refractivity contribution < 1.29 is 19.1 Å². The first kappa shape index (κ1) is 12.5. The van der Waals surface area contributed by atoms with Gasteiger partial charge >= 0.3 is 5.97 Å². The third kappa shape index (κ3) is 1.96. The van der Waals surface area contributed by atoms with Crippen LogP contribution in [0.15, 0.2) is 18.2 Å². The molecule has 1 amide bonds. The highest BCUT2D eigenvalue weighted by Gasteiger charge is 2.42. The summed E-state index contributed by atoms with van der Waals surface area (Å²) < 4.78 is 13.5. The summed E-state index contributed by atoms with van der Waals surface area (Å²) in [6.07, 6.45) is -0.0357. The van der Waals surface area contributed by atoms with Crippen molar-refractivity contribution in [3.63, 3.8) is 0 Å². The van der Waals surface area contributed by atoms with E-state index in [1.54, 1.807) is 26.1 Å². The van der Waals surface area contributed by atoms with Crippen LogP contribution in [0.1, 0.15) is 23.6 Å². The van der Waals surface area contributed by atoms with Gasteiger partial charge in [-0.25, -0.2) is 4.39 Å². The predicted molar refractivity (Wildman–Crippen MR) is 62.4 cm³/mol. The van der Waals surface area contributed by atoms with Gasteiger partial charge in [0.05, 0.1) is 12.0 Å². The molecule has 18 heavy (non-hydrogen) atoms. The Kier molecular flexibility index (Phi) is 3.07. The van der Waals surface area contributed by atoms with E-state index in [9.17, 15) is 14.0 Å². The molecule has 1 aromatic rings. The van der Waals surface area contributed by atoms with Crippen molar-refractivity contribution in [3.05, 3.63) is 35.1 Å². The van der Waals surface area contributed by atoms with Gasteiger partial charge in [-0.15, -0.1) is 0 Å². The second kappa shape index (κ2) is 4.40. The number of hydrogen-bond donors (Lipinski definition) is 1. The highest BCUT2D eigenvalue weighted by Crippen LogP contribution is 2.37. The zero-order chi connectivity index (χ0) is 13.4. The Morgan fingerprint density at radius 1 is 1.50 bits per heavy atom. The first-order chi connectivity index (χ1) is 8.41. The topological polar surface area (TPSA) is 57.6 Å². The maximum absolute atomic E-state index is 13.5. The third-order valence-electron chi connectivity index (χ3n) is 3.44. The van der Waals surface area contributed by atoms with Crippen LogP contribution in [0.5, 0.6) is 0 Å². The number of amides is 1. The van der Waals surface area contributed by atoms with Gasteiger partial charge < -0.3 is 10.0 Å². The quantitative estimate of drug-likeness (QED) is 0.871. The Balaban J connectivity index is 2.42. The van der Waals surface area contributed by atoms with Crippen molar-refractivity contribution in [2.75, 3.05) is 7.05 Å². The van der Waals surface area contributed by atoms with Gasteiger partial charge in [0.25, 0.3) is 0 Å². The van der Waals surface area contributed by atoms with E-state index in [1.807, 2.05) is 0 Å². The lowest BCUT2D eigenvalue weighted by Gasteiger charge is -2.23. The standard InChI is InChI=1S/C13H14FNO3/c1-7-3-4-8(5-10(7)14)12-9(13(17)18)6-11(16)15(12)2/h3-5,9,12H,6H2,1-2H3,(H,17,18). The molecular weight excluding hydrogens is 237 g/mol. The molecule has 1 saturated heterocycles. The first-order valence-corrected chi connectivity index (χ1v) is 5.66. The van der Waals surface area contributed by atoms with Gasteiger partial charge in [0, 0.05) is 13.5 Å². The van der Waals surface area contributed by atoms with Gasteiger partial charge in [0.2, 0.25) is 5.91 Å². The number of carbonyl (C=O) groups excluding carboxylic acids is 1. The van der Waals surface area contributed by atoms with Crippen LogP contribution in [-0.2, 0) is 9.59 Å². The Morgan fingerprint density at radius 2 is 2.17 bits per heavy atom. The van der Waals surface area contributed by atoms with Gasteiger partial charge in [0.1, 0.15) is 5.82 Å². The molecule has 1 N–H and O–H groups in total. The zero-order valence-corrected chi connectivity index (χ0v) is 10.2. The van der Waals surface area contributed by atoms with Crippen LogP contribution in [0.2, 0.25) is 0 Å². The Bertz CT molecular complexity index is 515. The predicted octanol–water partition coefficient (Wildman–Crippen LogP) is 1.74. The minimum atomic E-state index is -1.03. The van der Waals surface area contributed by atoms with Gasteiger partial charge in [-0.1, -0.05) is 12.1 Å². The molecule has 1 fully saturated rings. The summed E-state index contributed by atoms with van der Waals surface area (Å²) in [7, 11) is 1.55. The van der Waals surface area contributed by atoms with Crippen LogP contribution >= 0.6 is 0 Å². The molecule has 4 nitrogen and oxygen atoms in total. The molecule has 2 unspecified atom stereocenters. The number of aliphatic carboxylic acids is 1. The molecular formula is C13H14FNO3. The second-order valence-electron chi connectivity index (χ2n) is 4.61. The largest absolute Gasteiger partial charge is 0.481 e. The number of benzene rings is 1. The maximum atomic E-state index is 13.5. The SMILES string of the molecule is Cc1ccc(C2C(C(=O)O)CC(=O)N2C)cc1F. The number of carboxylic acid groups (broad SMARTS) is 1. The monoisotopic (exact) mass is 251 g/mol. The van der Waals surface area contributed by atoms with E-state index < -0.39 is 17.9 Å². The summed E-state index contributed by atoms with van der Waals surface area (Å²) in [4.78, 5) is 24.1. The fraction of sp³-hybridized carbons (Fsp3) is 0.385. The molecule has 96 valence electrons. The van der Waals surface area contributed by atoms with Crippen molar-refractivity contribution in [2.45, 2.75) is 19.4 Å². The van der Waals surface area contributed by atoms with E-state index in [-0.39, 0.29) is 18.1 Å². The van der Waals surface area contributed by atoms with Crippen LogP contribution in [-0.4, -0.2) is 28.9 Å². The van der Waals surface area contributed by atoms with Crippen molar-refractivity contribution in [1.82, 2.24) is 4.90 Å². The number of hydrogen-bond acceptors (Lipinski definition) is 2. The lowest BCUT2D eigenvalue weighted by Crippen LogP contribution is -2.27. The fourth-order valence-electron chi connectivity index (χ4n) is 2.34. The number of aryl methyl sites for hydroxylation is 1. The molecule has 0 aromatic heterocycles. The number of carbonyl (C=O) groups is 2. The lowest BCUT2D eigenvalue weighted by atomic mass is 9.93. The summed E-state index contributed by atoms with van der Waals surface area (Å²) >= 11 is 0. The third-order valence-corrected chi connectivity index (χ3v) is 3.44. The zero-order valence-electron chi connectivity index (χ0n) is 10.2. The Hall–Kier alpha value is -1.91. The summed E-state index contributed by atoms with van der Waals surface area (Å²) in [5.41, 5.74) is 1.02. The molecule has 5 heteroatoms. The van der Waals surface area contributed by atoms with Crippen LogP contribution in [0.3, 0.4) is 0 Å². The van der Waals surface area contributed by atoms with E-state index in [4.69, 9.17) is 5.11 Å². The average Bonchev–Trinajstić information content (AvgIpc) is 2.60. The van der Waals surface area contributed by atoms with Gasteiger partial charge in [-0.05, 0) is 24.1 Å². The summed E-state index contributed by atoms with van der Waals surface area (Å²) in [6.45, 7) is 1.64. The molecule has 1 aliphatic heterocycles. The highest BCUT2D eigenvalue weighted by atomic mass is 19.1. The van der Waals surface area contributed by atoms with Crippen molar-refractivity contribution >= 4 is 11.9 Å². The first-order valence-electron chi connectivity index (χ1n) is 5.66. The van der Waals surface area contributed by atoms with Gasteiger partial charge in [-0.2, -0.15) is 0 Å². The van der Waals surface area contributed by atoms with Crippen molar-refractivity contribution in [3.8, 4) is 0 Å². The molecule has 1 heterocycles. The van der Waals surface area contributed by atoms with Crippen molar-refractivity contribution in [2.24, 2.45) is 5.92 Å². The summed E-state index contributed by atoms with van der Waals surface area (Å²) in [5.74, 6) is -2.46. The van der Waals surface area contributed by atoms with Gasteiger partial charge in [-0.3, -0.25) is 9.59 Å². The van der Waals surface area contributed by atoms with E-state index in [1.165, 1.54) is 11.0 Å². The molecule has 0 radical (unpaired) electrons. The highest BCUT2D eigenvalue weighted by molar-refractivity contribution is 5.87. The molecule has 1 aliphatic rings. The van der Waals surface area contributed by atoms with Gasteiger partial charge in [0.15, 0.2) is 0 Å². The van der Waals surface area contributed by atoms with E-state index in [0.717, 1.165) is 0 Å². The minimum absolute atomic E-state index is 0.0357. The van der Waals surface area contributed by atoms with E-state index in [0.29, 0.717) is 11.1 Å². The van der Waals surface area contributed by atoms with Crippen LogP contribution < -0.4 is 0 Å². The summed E-state index contributed by atoms with van der Waals surface area (Å²) in [5, 5.41) is 9.13. The average molecular weight is 251 g/mol. The fourth-order valence-corrected chi connectivity index (χ4v) is 2.34. The molecule has 0 saturated carbocycles. The van der Waals surface area contributed by atoms with E-state index >= 15 is 0 Å². The number of nitrogens with zero attached hydrogens (tertiary/aromatic N) is 1. The minimum Gasteiger partial charge on any atom is -0.481 e. The number of carboxylic acids is 1. The molecule has 0 spiro atoms. The number of halogens is 1. The molecule has 0 bridgehead atoms. The molecule has 1 aromatic carbocycles. The van der Waals surface area contributed by atoms with Crippen LogP contribution in [0, 0.1) is 18.7 Å². The maximum Gasteiger partial charge on any atom is 0.309 e. The molecule has 2 rings (SSSR count). The van der Waals surface area contributed by atoms with Crippen LogP contribution in [0.25, 0.3) is 0 Å². The van der Waals surface area contributed by atoms with E-state index in [2.05, 4.69) is 0 Å². The summed E-state index contributed by atoms with van der Waals surface area (Å²) in [6, 6.07) is 3.99. The Morgan fingerprint density at radius 3 is 2.72 bits per heavy atom. The smallest absolute Gasteiger partial charge is 0.309 e. The molecule has 0 aliphatic carbocycles.